The lowest BCUT2D eigenvalue weighted by atomic mass is 10.1. The van der Waals surface area contributed by atoms with Crippen LogP contribution in [0.3, 0.4) is 0 Å². The van der Waals surface area contributed by atoms with Crippen LogP contribution in [0.1, 0.15) is 29.3 Å². The monoisotopic (exact) mass is 338 g/mol. The number of hydrogen-bond acceptors (Lipinski definition) is 5. The van der Waals surface area contributed by atoms with Crippen LogP contribution in [0.2, 0.25) is 0 Å². The van der Waals surface area contributed by atoms with Crippen molar-refractivity contribution < 1.29 is 19.1 Å². The predicted molar refractivity (Wildman–Crippen MR) is 90.6 cm³/mol. The van der Waals surface area contributed by atoms with Crippen molar-refractivity contribution in [2.45, 2.75) is 25.8 Å². The van der Waals surface area contributed by atoms with E-state index in [1.165, 1.54) is 11.8 Å². The molecule has 1 aromatic rings. The number of benzene rings is 1. The summed E-state index contributed by atoms with van der Waals surface area (Å²) in [6.07, 6.45) is 3.16. The number of primary amides is 1. The van der Waals surface area contributed by atoms with Crippen molar-refractivity contribution in [3.63, 3.8) is 0 Å². The number of rotatable bonds is 9. The molecule has 0 radical (unpaired) electrons. The molecule has 0 aliphatic heterocycles. The van der Waals surface area contributed by atoms with Gasteiger partial charge in [-0.2, -0.15) is 11.8 Å². The number of esters is 1. The van der Waals surface area contributed by atoms with Crippen molar-refractivity contribution in [1.29, 1.82) is 0 Å². The fourth-order valence-electron chi connectivity index (χ4n) is 1.90. The lowest BCUT2D eigenvalue weighted by Gasteiger charge is -2.15. The first kappa shape index (κ1) is 19.0. The van der Waals surface area contributed by atoms with E-state index in [0.29, 0.717) is 17.7 Å². The van der Waals surface area contributed by atoms with Crippen molar-refractivity contribution in [1.82, 2.24) is 5.32 Å². The van der Waals surface area contributed by atoms with E-state index in [-0.39, 0.29) is 12.4 Å². The summed E-state index contributed by atoms with van der Waals surface area (Å²) < 4.78 is 5.01. The molecule has 1 aromatic carbocycles. The van der Waals surface area contributed by atoms with Gasteiger partial charge in [0, 0.05) is 5.56 Å². The number of nitrogens with two attached hydrogens (primary N) is 1. The summed E-state index contributed by atoms with van der Waals surface area (Å²) in [4.78, 5) is 34.9. The third kappa shape index (κ3) is 6.73. The average Bonchev–Trinajstić information content (AvgIpc) is 2.55. The summed E-state index contributed by atoms with van der Waals surface area (Å²) in [5.41, 5.74) is 6.66. The fraction of sp³-hybridized carbons (Fsp3) is 0.438. The van der Waals surface area contributed by atoms with Crippen LogP contribution in [0, 0.1) is 0 Å². The second-order valence-corrected chi connectivity index (χ2v) is 5.91. The summed E-state index contributed by atoms with van der Waals surface area (Å²) in [5, 5.41) is 2.33. The topological polar surface area (TPSA) is 98.5 Å². The zero-order chi connectivity index (χ0) is 17.2. The van der Waals surface area contributed by atoms with E-state index in [2.05, 4.69) is 5.32 Å². The van der Waals surface area contributed by atoms with Gasteiger partial charge in [0.15, 0.2) is 12.4 Å². The Morgan fingerprint density at radius 2 is 1.91 bits per heavy atom. The molecule has 7 heteroatoms. The largest absolute Gasteiger partial charge is 0.456 e. The Hall–Kier alpha value is -2.02. The quantitative estimate of drug-likeness (QED) is 0.528. The Morgan fingerprint density at radius 1 is 1.26 bits per heavy atom. The number of thioether (sulfide) groups is 1. The molecule has 0 aliphatic rings. The van der Waals surface area contributed by atoms with Gasteiger partial charge in [-0.25, -0.2) is 9.59 Å². The average molecular weight is 338 g/mol. The van der Waals surface area contributed by atoms with E-state index in [1.54, 1.807) is 12.1 Å². The lowest BCUT2D eigenvalue weighted by molar-refractivity contribution is -0.144. The van der Waals surface area contributed by atoms with Gasteiger partial charge in [-0.15, -0.1) is 0 Å². The first-order valence-electron chi connectivity index (χ1n) is 7.31. The van der Waals surface area contributed by atoms with Gasteiger partial charge in [-0.05, 0) is 30.4 Å². The van der Waals surface area contributed by atoms with Crippen LogP contribution in [0.4, 0.5) is 4.79 Å². The second-order valence-electron chi connectivity index (χ2n) is 4.92. The lowest BCUT2D eigenvalue weighted by Crippen LogP contribution is -2.45. The molecule has 126 valence electrons. The number of carbonyl (C=O) groups excluding carboxylic acids is 3. The van der Waals surface area contributed by atoms with Gasteiger partial charge in [-0.1, -0.05) is 31.2 Å². The van der Waals surface area contributed by atoms with E-state index in [9.17, 15) is 14.4 Å². The highest BCUT2D eigenvalue weighted by Crippen LogP contribution is 2.07. The van der Waals surface area contributed by atoms with Gasteiger partial charge in [0.05, 0.1) is 0 Å². The summed E-state index contributed by atoms with van der Waals surface area (Å²) in [6.45, 7) is 1.67. The van der Waals surface area contributed by atoms with Gasteiger partial charge in [0.25, 0.3) is 0 Å². The van der Waals surface area contributed by atoms with Crippen LogP contribution < -0.4 is 11.1 Å². The second kappa shape index (κ2) is 9.89. The number of hydrogen-bond donors (Lipinski definition) is 2. The third-order valence-corrected chi connectivity index (χ3v) is 3.89. The van der Waals surface area contributed by atoms with Gasteiger partial charge in [0.2, 0.25) is 0 Å². The molecule has 23 heavy (non-hydrogen) atoms. The number of aryl methyl sites for hydroxylation is 1. The molecule has 0 saturated heterocycles. The summed E-state index contributed by atoms with van der Waals surface area (Å²) in [5.74, 6) is -0.285. The Labute approximate surface area is 140 Å². The molecule has 0 heterocycles. The molecule has 0 spiro atoms. The zero-order valence-electron chi connectivity index (χ0n) is 13.3. The molecule has 1 rings (SSSR count). The minimum atomic E-state index is -0.838. The van der Waals surface area contributed by atoms with Gasteiger partial charge >= 0.3 is 12.0 Å². The molecule has 0 aromatic heterocycles. The Bertz CT molecular complexity index is 546. The van der Waals surface area contributed by atoms with Crippen molar-refractivity contribution in [3.05, 3.63) is 35.4 Å². The van der Waals surface area contributed by atoms with Crippen LogP contribution in [0.5, 0.6) is 0 Å². The number of carbonyl (C=O) groups is 3. The van der Waals surface area contributed by atoms with Crippen LogP contribution in [-0.2, 0) is 16.0 Å². The van der Waals surface area contributed by atoms with E-state index in [4.69, 9.17) is 10.5 Å². The molecule has 0 fully saturated rings. The first-order valence-corrected chi connectivity index (χ1v) is 8.71. The molecule has 0 unspecified atom stereocenters. The number of Topliss-reactive ketones (excluding diaryl/α,β-unsaturated/α-hetero) is 1. The first-order chi connectivity index (χ1) is 11.0. The molecule has 3 N–H and O–H groups in total. The molecular formula is C16H22N2O4S. The van der Waals surface area contributed by atoms with Crippen LogP contribution in [0.25, 0.3) is 0 Å². The smallest absolute Gasteiger partial charge is 0.329 e. The van der Waals surface area contributed by atoms with Crippen molar-refractivity contribution in [2.24, 2.45) is 5.73 Å². The SMILES string of the molecule is CCc1ccc(C(=O)COC(=O)[C@@H](CCSC)NC(N)=O)cc1. The number of ketones is 1. The highest BCUT2D eigenvalue weighted by molar-refractivity contribution is 7.98. The van der Waals surface area contributed by atoms with Crippen molar-refractivity contribution in [3.8, 4) is 0 Å². The molecule has 0 aliphatic carbocycles. The number of ether oxygens (including phenoxy) is 1. The van der Waals surface area contributed by atoms with E-state index in [1.807, 2.05) is 25.3 Å². The van der Waals surface area contributed by atoms with E-state index >= 15 is 0 Å². The normalized spacial score (nSPS) is 11.6. The summed E-state index contributed by atoms with van der Waals surface area (Å²) in [7, 11) is 0. The molecular weight excluding hydrogens is 316 g/mol. The zero-order valence-corrected chi connectivity index (χ0v) is 14.2. The van der Waals surface area contributed by atoms with Gasteiger partial charge < -0.3 is 15.8 Å². The Kier molecular flexibility index (Phi) is 8.18. The van der Waals surface area contributed by atoms with Gasteiger partial charge in [-0.3, -0.25) is 4.79 Å². The van der Waals surface area contributed by atoms with Crippen LogP contribution in [-0.4, -0.2) is 42.4 Å². The third-order valence-electron chi connectivity index (χ3n) is 3.24. The number of urea groups is 1. The maximum atomic E-state index is 12.0. The number of amides is 2. The maximum absolute atomic E-state index is 12.0. The highest BCUT2D eigenvalue weighted by Gasteiger charge is 2.22. The van der Waals surface area contributed by atoms with E-state index < -0.39 is 18.0 Å². The number of nitrogens with one attached hydrogen (secondary N) is 1. The molecule has 0 saturated carbocycles. The van der Waals surface area contributed by atoms with Crippen LogP contribution >= 0.6 is 11.8 Å². The summed E-state index contributed by atoms with van der Waals surface area (Å²) >= 11 is 1.53. The highest BCUT2D eigenvalue weighted by atomic mass is 32.2. The van der Waals surface area contributed by atoms with Crippen LogP contribution in [0.15, 0.2) is 24.3 Å². The molecule has 6 nitrogen and oxygen atoms in total. The maximum Gasteiger partial charge on any atom is 0.329 e. The van der Waals surface area contributed by atoms with Crippen molar-refractivity contribution >= 4 is 29.5 Å². The Balaban J connectivity index is 2.56. The molecule has 1 atom stereocenters. The molecule has 2 amide bonds. The minimum absolute atomic E-state index is 0.288. The summed E-state index contributed by atoms with van der Waals surface area (Å²) in [6, 6.07) is 5.52. The predicted octanol–water partition coefficient (Wildman–Crippen LogP) is 1.76. The fourth-order valence-corrected chi connectivity index (χ4v) is 2.37. The minimum Gasteiger partial charge on any atom is -0.456 e. The van der Waals surface area contributed by atoms with Crippen molar-refractivity contribution in [2.75, 3.05) is 18.6 Å². The van der Waals surface area contributed by atoms with E-state index in [0.717, 1.165) is 12.0 Å². The standard InChI is InChI=1S/C16H22N2O4S/c1-3-11-4-6-12(7-5-11)14(19)10-22-15(20)13(8-9-23-2)18-16(17)21/h4-7,13H,3,8-10H2,1-2H3,(H3,17,18,21)/t13-/m1/s1. The molecule has 0 bridgehead atoms. The Morgan fingerprint density at radius 3 is 2.43 bits per heavy atom. The van der Waals surface area contributed by atoms with Gasteiger partial charge in [0.1, 0.15) is 6.04 Å².